The molecule has 0 aliphatic heterocycles. The van der Waals surface area contributed by atoms with Crippen LogP contribution < -0.4 is 5.32 Å². The summed E-state index contributed by atoms with van der Waals surface area (Å²) in [5.74, 6) is -0.603. The molecule has 0 radical (unpaired) electrons. The van der Waals surface area contributed by atoms with Gasteiger partial charge in [0.2, 0.25) is 0 Å². The standard InChI is InChI=1S/C17H21ClN2O5/c1-19-5-13-14(15(18)16(20-13)17(24)25-2)10-4-3-9(6-21)11(7-22)12(10)8-23/h3-4,19-23H,5-8H2,1-2H3. The number of rotatable bonds is 7. The second-order valence-electron chi connectivity index (χ2n) is 5.39. The second-order valence-corrected chi connectivity index (χ2v) is 5.77. The van der Waals surface area contributed by atoms with Crippen molar-refractivity contribution in [3.63, 3.8) is 0 Å². The molecule has 7 nitrogen and oxygen atoms in total. The number of carbonyl (C=O) groups excluding carboxylic acids is 1. The minimum absolute atomic E-state index is 0.116. The maximum atomic E-state index is 11.9. The van der Waals surface area contributed by atoms with Gasteiger partial charge in [0.25, 0.3) is 0 Å². The SMILES string of the molecule is CNCc1[nH]c(C(=O)OC)c(Cl)c1-c1ccc(CO)c(CO)c1CO. The number of aromatic nitrogens is 1. The minimum atomic E-state index is -0.603. The molecule has 0 atom stereocenters. The Hall–Kier alpha value is -1.90. The van der Waals surface area contributed by atoms with Gasteiger partial charge in [0.05, 0.1) is 32.0 Å². The highest BCUT2D eigenvalue weighted by molar-refractivity contribution is 6.36. The minimum Gasteiger partial charge on any atom is -0.464 e. The topological polar surface area (TPSA) is 115 Å². The van der Waals surface area contributed by atoms with Gasteiger partial charge in [0, 0.05) is 17.8 Å². The fourth-order valence-electron chi connectivity index (χ4n) is 2.86. The molecular weight excluding hydrogens is 348 g/mol. The molecule has 1 aromatic carbocycles. The van der Waals surface area contributed by atoms with E-state index in [1.807, 2.05) is 0 Å². The van der Waals surface area contributed by atoms with Crippen molar-refractivity contribution in [2.45, 2.75) is 26.4 Å². The lowest BCUT2D eigenvalue weighted by Gasteiger charge is -2.16. The second kappa shape index (κ2) is 8.46. The first-order chi connectivity index (χ1) is 12.0. The van der Waals surface area contributed by atoms with E-state index in [1.165, 1.54) is 7.11 Å². The highest BCUT2D eigenvalue weighted by Gasteiger charge is 2.25. The van der Waals surface area contributed by atoms with Crippen molar-refractivity contribution in [3.05, 3.63) is 45.2 Å². The summed E-state index contributed by atoms with van der Waals surface area (Å²) in [4.78, 5) is 14.9. The average molecular weight is 369 g/mol. The van der Waals surface area contributed by atoms with Gasteiger partial charge in [0.15, 0.2) is 0 Å². The first-order valence-corrected chi connectivity index (χ1v) is 8.01. The summed E-state index contributed by atoms with van der Waals surface area (Å²) in [6.07, 6.45) is 0. The van der Waals surface area contributed by atoms with Crippen LogP contribution in [-0.2, 0) is 31.1 Å². The van der Waals surface area contributed by atoms with Gasteiger partial charge in [-0.05, 0) is 29.3 Å². The van der Waals surface area contributed by atoms with Gasteiger partial charge >= 0.3 is 5.97 Å². The van der Waals surface area contributed by atoms with Crippen LogP contribution in [0.2, 0.25) is 5.02 Å². The van der Waals surface area contributed by atoms with Gasteiger partial charge < -0.3 is 30.4 Å². The number of ether oxygens (including phenoxy) is 1. The lowest BCUT2D eigenvalue weighted by molar-refractivity contribution is 0.0595. The zero-order valence-corrected chi connectivity index (χ0v) is 14.8. The summed E-state index contributed by atoms with van der Waals surface area (Å²) in [6, 6.07) is 3.36. The third kappa shape index (κ3) is 3.56. The maximum Gasteiger partial charge on any atom is 0.356 e. The number of halogens is 1. The van der Waals surface area contributed by atoms with E-state index in [9.17, 15) is 20.1 Å². The zero-order valence-electron chi connectivity index (χ0n) is 14.0. The molecule has 2 rings (SSSR count). The molecule has 8 heteroatoms. The van der Waals surface area contributed by atoms with Crippen molar-refractivity contribution in [2.75, 3.05) is 14.2 Å². The number of H-pyrrole nitrogens is 1. The molecule has 1 aromatic heterocycles. The largest absolute Gasteiger partial charge is 0.464 e. The number of hydrogen-bond acceptors (Lipinski definition) is 6. The Labute approximate surface area is 150 Å². The maximum absolute atomic E-state index is 11.9. The van der Waals surface area contributed by atoms with Gasteiger partial charge in [-0.25, -0.2) is 4.79 Å². The monoisotopic (exact) mass is 368 g/mol. The lowest BCUT2D eigenvalue weighted by Crippen LogP contribution is -2.08. The van der Waals surface area contributed by atoms with Gasteiger partial charge in [0.1, 0.15) is 5.69 Å². The molecule has 0 fully saturated rings. The van der Waals surface area contributed by atoms with Crippen LogP contribution in [0, 0.1) is 0 Å². The van der Waals surface area contributed by atoms with Crippen molar-refractivity contribution >= 4 is 17.6 Å². The van der Waals surface area contributed by atoms with E-state index in [-0.39, 0.29) is 30.5 Å². The Morgan fingerprint density at radius 1 is 1.20 bits per heavy atom. The highest BCUT2D eigenvalue weighted by Crippen LogP contribution is 2.38. The zero-order chi connectivity index (χ0) is 18.6. The summed E-state index contributed by atoms with van der Waals surface area (Å²) >= 11 is 6.42. The molecule has 136 valence electrons. The van der Waals surface area contributed by atoms with E-state index in [2.05, 4.69) is 10.3 Å². The molecule has 2 aromatic rings. The smallest absolute Gasteiger partial charge is 0.356 e. The first kappa shape index (κ1) is 19.4. The van der Waals surface area contributed by atoms with Gasteiger partial charge in [-0.3, -0.25) is 0 Å². The molecule has 0 aliphatic rings. The Morgan fingerprint density at radius 2 is 1.88 bits per heavy atom. The van der Waals surface area contributed by atoms with E-state index in [1.54, 1.807) is 19.2 Å². The predicted octanol–water partition coefficient (Wildman–Crippen LogP) is 1.32. The molecule has 5 N–H and O–H groups in total. The Bertz CT molecular complexity index is 773. The third-order valence-corrected chi connectivity index (χ3v) is 4.42. The van der Waals surface area contributed by atoms with Crippen LogP contribution in [0.4, 0.5) is 0 Å². The van der Waals surface area contributed by atoms with E-state index < -0.39 is 5.97 Å². The number of benzene rings is 1. The van der Waals surface area contributed by atoms with Crippen LogP contribution in [0.5, 0.6) is 0 Å². The highest BCUT2D eigenvalue weighted by atomic mass is 35.5. The molecule has 0 saturated heterocycles. The molecular formula is C17H21ClN2O5. The number of carbonyl (C=O) groups is 1. The van der Waals surface area contributed by atoms with Crippen LogP contribution in [0.3, 0.4) is 0 Å². The summed E-state index contributed by atoms with van der Waals surface area (Å²) < 4.78 is 4.74. The Kier molecular flexibility index (Phi) is 6.57. The van der Waals surface area contributed by atoms with Crippen LogP contribution in [-0.4, -0.2) is 40.4 Å². The summed E-state index contributed by atoms with van der Waals surface area (Å²) in [5, 5.41) is 32.1. The van der Waals surface area contributed by atoms with Crippen LogP contribution >= 0.6 is 11.6 Å². The number of hydrogen-bond donors (Lipinski definition) is 5. The number of aliphatic hydroxyl groups excluding tert-OH is 3. The fourth-order valence-corrected chi connectivity index (χ4v) is 3.20. The number of aromatic amines is 1. The molecule has 1 heterocycles. The van der Waals surface area contributed by atoms with Crippen LogP contribution in [0.15, 0.2) is 12.1 Å². The van der Waals surface area contributed by atoms with Crippen molar-refractivity contribution in [2.24, 2.45) is 0 Å². The number of esters is 1. The molecule has 0 aliphatic carbocycles. The van der Waals surface area contributed by atoms with E-state index in [0.29, 0.717) is 40.1 Å². The quantitative estimate of drug-likeness (QED) is 0.471. The van der Waals surface area contributed by atoms with E-state index in [4.69, 9.17) is 16.3 Å². The molecule has 0 amide bonds. The van der Waals surface area contributed by atoms with E-state index >= 15 is 0 Å². The lowest BCUT2D eigenvalue weighted by atomic mass is 9.92. The predicted molar refractivity (Wildman–Crippen MR) is 93.1 cm³/mol. The normalized spacial score (nSPS) is 11.0. The molecule has 0 spiro atoms. The van der Waals surface area contributed by atoms with Crippen molar-refractivity contribution in [3.8, 4) is 11.1 Å². The molecule has 0 bridgehead atoms. The van der Waals surface area contributed by atoms with Gasteiger partial charge in [-0.15, -0.1) is 0 Å². The van der Waals surface area contributed by atoms with Crippen molar-refractivity contribution < 1.29 is 24.9 Å². The average Bonchev–Trinajstić information content (AvgIpc) is 2.95. The fraction of sp³-hybridized carbons (Fsp3) is 0.353. The summed E-state index contributed by atoms with van der Waals surface area (Å²) in [7, 11) is 3.01. The van der Waals surface area contributed by atoms with Crippen LogP contribution in [0.25, 0.3) is 11.1 Å². The molecule has 0 unspecified atom stereocenters. The molecule has 0 saturated carbocycles. The van der Waals surface area contributed by atoms with E-state index in [0.717, 1.165) is 0 Å². The third-order valence-electron chi connectivity index (χ3n) is 4.04. The molecule has 25 heavy (non-hydrogen) atoms. The van der Waals surface area contributed by atoms with Crippen LogP contribution in [0.1, 0.15) is 32.9 Å². The van der Waals surface area contributed by atoms with Gasteiger partial charge in [-0.1, -0.05) is 23.7 Å². The van der Waals surface area contributed by atoms with Crippen molar-refractivity contribution in [1.82, 2.24) is 10.3 Å². The number of aliphatic hydroxyl groups is 3. The summed E-state index contributed by atoms with van der Waals surface area (Å²) in [5.41, 5.74) is 3.28. The van der Waals surface area contributed by atoms with Crippen molar-refractivity contribution in [1.29, 1.82) is 0 Å². The summed E-state index contributed by atoms with van der Waals surface area (Å²) in [6.45, 7) is -0.562. The number of nitrogens with one attached hydrogen (secondary N) is 2. The first-order valence-electron chi connectivity index (χ1n) is 7.63. The Morgan fingerprint density at radius 3 is 2.40 bits per heavy atom. The van der Waals surface area contributed by atoms with Gasteiger partial charge in [-0.2, -0.15) is 0 Å². The Balaban J connectivity index is 2.77. The number of methoxy groups -OCH3 is 1.